The zero-order valence-electron chi connectivity index (χ0n) is 6.71. The molecule has 1 aromatic rings. The van der Waals surface area contributed by atoms with Crippen molar-refractivity contribution in [3.63, 3.8) is 0 Å². The van der Waals surface area contributed by atoms with Crippen molar-refractivity contribution in [2.45, 2.75) is 12.6 Å². The van der Waals surface area contributed by atoms with Gasteiger partial charge in [0.05, 0.1) is 6.54 Å². The van der Waals surface area contributed by atoms with Crippen molar-refractivity contribution in [3.05, 3.63) is 16.4 Å². The molecule has 0 saturated carbocycles. The standard InChI is InChI=1S/C6H8N4O3/c7-1-4-2-9-3-8-5(10(11)12)6(9)13-4/h3-4H,1-2,7H2. The van der Waals surface area contributed by atoms with E-state index < -0.39 is 4.92 Å². The van der Waals surface area contributed by atoms with E-state index >= 15 is 0 Å². The summed E-state index contributed by atoms with van der Waals surface area (Å²) in [6.07, 6.45) is 1.22. The molecule has 0 radical (unpaired) electrons. The molecule has 7 heteroatoms. The molecule has 1 aromatic heterocycles. The van der Waals surface area contributed by atoms with E-state index in [9.17, 15) is 10.1 Å². The smallest absolute Gasteiger partial charge is 0.426 e. The van der Waals surface area contributed by atoms with Crippen molar-refractivity contribution in [2.24, 2.45) is 5.73 Å². The Morgan fingerprint density at radius 1 is 1.92 bits per heavy atom. The first-order valence-electron chi connectivity index (χ1n) is 3.78. The van der Waals surface area contributed by atoms with Gasteiger partial charge in [0.25, 0.3) is 5.88 Å². The molecule has 1 aliphatic rings. The number of imidazole rings is 1. The number of nitro groups is 1. The fraction of sp³-hybridized carbons (Fsp3) is 0.500. The Kier molecular flexibility index (Phi) is 1.66. The van der Waals surface area contributed by atoms with Crippen molar-refractivity contribution in [1.29, 1.82) is 0 Å². The van der Waals surface area contributed by atoms with E-state index in [-0.39, 0.29) is 17.8 Å². The van der Waals surface area contributed by atoms with Crippen molar-refractivity contribution in [2.75, 3.05) is 6.54 Å². The topological polar surface area (TPSA) is 96.2 Å². The van der Waals surface area contributed by atoms with Gasteiger partial charge in [-0.1, -0.05) is 0 Å². The predicted octanol–water partition coefficient (Wildman–Crippen LogP) is -0.489. The van der Waals surface area contributed by atoms with Gasteiger partial charge in [-0.2, -0.15) is 0 Å². The third kappa shape index (κ3) is 1.13. The van der Waals surface area contributed by atoms with E-state index in [1.54, 1.807) is 4.57 Å². The molecule has 2 N–H and O–H groups in total. The van der Waals surface area contributed by atoms with Gasteiger partial charge in [0, 0.05) is 6.54 Å². The maximum atomic E-state index is 10.4. The van der Waals surface area contributed by atoms with Crippen LogP contribution < -0.4 is 10.5 Å². The first kappa shape index (κ1) is 7.99. The average Bonchev–Trinajstić information content (AvgIpc) is 2.59. The van der Waals surface area contributed by atoms with E-state index in [0.29, 0.717) is 13.1 Å². The third-order valence-electron chi connectivity index (χ3n) is 1.89. The van der Waals surface area contributed by atoms with E-state index in [1.807, 2.05) is 0 Å². The highest BCUT2D eigenvalue weighted by molar-refractivity contribution is 5.35. The maximum absolute atomic E-state index is 10.4. The summed E-state index contributed by atoms with van der Waals surface area (Å²) in [6.45, 7) is 0.880. The van der Waals surface area contributed by atoms with E-state index in [0.717, 1.165) is 0 Å². The lowest BCUT2D eigenvalue weighted by molar-refractivity contribution is -0.390. The summed E-state index contributed by atoms with van der Waals surface area (Å²) in [5.41, 5.74) is 5.37. The lowest BCUT2D eigenvalue weighted by Crippen LogP contribution is -2.25. The Hall–Kier alpha value is -1.63. The zero-order chi connectivity index (χ0) is 9.42. The summed E-state index contributed by atoms with van der Waals surface area (Å²) in [6, 6.07) is 0. The lowest BCUT2D eigenvalue weighted by atomic mass is 10.4. The molecule has 0 aromatic carbocycles. The van der Waals surface area contributed by atoms with Crippen LogP contribution in [-0.2, 0) is 6.54 Å². The molecule has 1 atom stereocenters. The molecule has 0 saturated heterocycles. The Balaban J connectivity index is 2.32. The highest BCUT2D eigenvalue weighted by Crippen LogP contribution is 2.30. The minimum absolute atomic E-state index is 0.170. The molecular weight excluding hydrogens is 176 g/mol. The number of rotatable bonds is 2. The van der Waals surface area contributed by atoms with Gasteiger partial charge >= 0.3 is 5.82 Å². The Labute approximate surface area is 73.3 Å². The zero-order valence-corrected chi connectivity index (χ0v) is 6.71. The minimum atomic E-state index is -0.565. The third-order valence-corrected chi connectivity index (χ3v) is 1.89. The Bertz CT molecular complexity index is 348. The molecule has 0 fully saturated rings. The maximum Gasteiger partial charge on any atom is 0.426 e. The Morgan fingerprint density at radius 2 is 2.69 bits per heavy atom. The van der Waals surface area contributed by atoms with Gasteiger partial charge in [-0.3, -0.25) is 4.57 Å². The van der Waals surface area contributed by atoms with Crippen LogP contribution in [0.4, 0.5) is 5.82 Å². The molecule has 0 aliphatic carbocycles. The second kappa shape index (κ2) is 2.70. The van der Waals surface area contributed by atoms with Gasteiger partial charge < -0.3 is 20.6 Å². The molecule has 1 aliphatic heterocycles. The van der Waals surface area contributed by atoms with Crippen molar-refractivity contribution < 1.29 is 9.66 Å². The van der Waals surface area contributed by atoms with E-state index in [2.05, 4.69) is 4.98 Å². The first-order valence-corrected chi connectivity index (χ1v) is 3.78. The van der Waals surface area contributed by atoms with Crippen molar-refractivity contribution >= 4 is 5.82 Å². The summed E-state index contributed by atoms with van der Waals surface area (Å²) >= 11 is 0. The van der Waals surface area contributed by atoms with Gasteiger partial charge in [0.2, 0.25) is 6.33 Å². The number of hydrogen-bond acceptors (Lipinski definition) is 5. The minimum Gasteiger partial charge on any atom is -0.466 e. The largest absolute Gasteiger partial charge is 0.466 e. The second-order valence-electron chi connectivity index (χ2n) is 2.76. The average molecular weight is 184 g/mol. The van der Waals surface area contributed by atoms with Crippen LogP contribution >= 0.6 is 0 Å². The number of fused-ring (bicyclic) bond motifs is 1. The Morgan fingerprint density at radius 3 is 3.31 bits per heavy atom. The second-order valence-corrected chi connectivity index (χ2v) is 2.76. The normalized spacial score (nSPS) is 19.6. The molecule has 2 heterocycles. The summed E-state index contributed by atoms with van der Waals surface area (Å²) in [7, 11) is 0. The van der Waals surface area contributed by atoms with Crippen LogP contribution in [0.5, 0.6) is 5.88 Å². The monoisotopic (exact) mass is 184 g/mol. The molecular formula is C6H8N4O3. The molecule has 0 bridgehead atoms. The number of nitrogens with zero attached hydrogens (tertiary/aromatic N) is 3. The van der Waals surface area contributed by atoms with E-state index in [1.165, 1.54) is 6.33 Å². The summed E-state index contributed by atoms with van der Waals surface area (Å²) < 4.78 is 6.82. The number of ether oxygens (including phenoxy) is 1. The van der Waals surface area contributed by atoms with Crippen LogP contribution in [0.25, 0.3) is 0 Å². The quantitative estimate of drug-likeness (QED) is 0.494. The molecule has 1 unspecified atom stereocenters. The lowest BCUT2D eigenvalue weighted by Gasteiger charge is -2.03. The molecule has 2 rings (SSSR count). The van der Waals surface area contributed by atoms with Gasteiger partial charge in [0.1, 0.15) is 6.10 Å². The van der Waals surface area contributed by atoms with Crippen LogP contribution in [0.15, 0.2) is 6.33 Å². The van der Waals surface area contributed by atoms with Gasteiger partial charge in [-0.05, 0) is 9.91 Å². The number of hydrogen-bond donors (Lipinski definition) is 1. The first-order chi connectivity index (χ1) is 6.22. The van der Waals surface area contributed by atoms with Gasteiger partial charge in [-0.15, -0.1) is 0 Å². The highest BCUT2D eigenvalue weighted by Gasteiger charge is 2.32. The fourth-order valence-electron chi connectivity index (χ4n) is 1.27. The molecule has 7 nitrogen and oxygen atoms in total. The highest BCUT2D eigenvalue weighted by atomic mass is 16.6. The van der Waals surface area contributed by atoms with Crippen LogP contribution in [-0.4, -0.2) is 27.1 Å². The van der Waals surface area contributed by atoms with Crippen molar-refractivity contribution in [3.8, 4) is 5.88 Å². The SMILES string of the molecule is NCC1Cn2cnc([N+](=O)[O-])c2O1. The van der Waals surface area contributed by atoms with E-state index in [4.69, 9.17) is 10.5 Å². The molecule has 70 valence electrons. The summed E-state index contributed by atoms with van der Waals surface area (Å²) in [5, 5.41) is 10.4. The van der Waals surface area contributed by atoms with Gasteiger partial charge in [0.15, 0.2) is 0 Å². The number of aromatic nitrogens is 2. The molecule has 0 spiro atoms. The van der Waals surface area contributed by atoms with Crippen LogP contribution in [0.1, 0.15) is 0 Å². The predicted molar refractivity (Wildman–Crippen MR) is 42.4 cm³/mol. The van der Waals surface area contributed by atoms with Crippen molar-refractivity contribution in [1.82, 2.24) is 9.55 Å². The van der Waals surface area contributed by atoms with Crippen LogP contribution in [0.3, 0.4) is 0 Å². The van der Waals surface area contributed by atoms with Gasteiger partial charge in [-0.25, -0.2) is 0 Å². The fourth-order valence-corrected chi connectivity index (χ4v) is 1.27. The van der Waals surface area contributed by atoms with Crippen LogP contribution in [0.2, 0.25) is 0 Å². The summed E-state index contributed by atoms with van der Waals surface area (Å²) in [4.78, 5) is 13.5. The molecule has 13 heavy (non-hydrogen) atoms. The summed E-state index contributed by atoms with van der Waals surface area (Å²) in [5.74, 6) is -0.0311. The van der Waals surface area contributed by atoms with Crippen LogP contribution in [0, 0.1) is 10.1 Å². The number of nitrogens with two attached hydrogens (primary N) is 1. The molecule has 0 amide bonds.